The van der Waals surface area contributed by atoms with E-state index in [1.165, 1.54) is 5.56 Å². The predicted molar refractivity (Wildman–Crippen MR) is 78.2 cm³/mol. The lowest BCUT2D eigenvalue weighted by Crippen LogP contribution is -2.31. The molecule has 1 aromatic heterocycles. The van der Waals surface area contributed by atoms with Crippen LogP contribution >= 0.6 is 15.9 Å². The maximum atomic E-state index is 5.69. The quantitative estimate of drug-likeness (QED) is 0.631. The molecule has 3 N–H and O–H groups in total. The summed E-state index contributed by atoms with van der Waals surface area (Å²) in [7, 11) is 0. The first kappa shape index (κ1) is 14.2. The van der Waals surface area contributed by atoms with E-state index in [4.69, 9.17) is 5.84 Å². The van der Waals surface area contributed by atoms with Crippen molar-refractivity contribution < 1.29 is 0 Å². The van der Waals surface area contributed by atoms with Crippen LogP contribution in [0.25, 0.3) is 0 Å². The molecule has 0 aliphatic heterocycles. The van der Waals surface area contributed by atoms with E-state index in [1.807, 2.05) is 22.9 Å². The molecule has 6 heteroatoms. The smallest absolute Gasteiger partial charge is 0.0773 e. The first-order valence-corrected chi connectivity index (χ1v) is 7.13. The number of rotatable bonds is 6. The molecular weight excluding hydrogens is 306 g/mol. The van der Waals surface area contributed by atoms with Crippen molar-refractivity contribution in [1.29, 1.82) is 0 Å². The Kier molecular flexibility index (Phi) is 5.07. The van der Waals surface area contributed by atoms with Gasteiger partial charge in [-0.1, -0.05) is 46.3 Å². The number of nitrogens with two attached hydrogens (primary N) is 1. The molecule has 102 valence electrons. The third-order valence-corrected chi connectivity index (χ3v) is 3.80. The van der Waals surface area contributed by atoms with Crippen molar-refractivity contribution >= 4 is 15.9 Å². The molecule has 0 saturated carbocycles. The van der Waals surface area contributed by atoms with Gasteiger partial charge in [-0.25, -0.2) is 4.68 Å². The van der Waals surface area contributed by atoms with Gasteiger partial charge in [-0.15, -0.1) is 5.10 Å². The molecule has 1 atom stereocenters. The first-order valence-electron chi connectivity index (χ1n) is 6.34. The molecular formula is C13H18BrN5. The molecule has 1 aromatic carbocycles. The second-order valence-corrected chi connectivity index (χ2v) is 5.25. The van der Waals surface area contributed by atoms with Crippen LogP contribution in [0.5, 0.6) is 0 Å². The number of nitrogens with zero attached hydrogens (tertiary/aromatic N) is 3. The second-order valence-electron chi connectivity index (χ2n) is 4.40. The molecule has 2 aromatic rings. The van der Waals surface area contributed by atoms with Crippen molar-refractivity contribution in [3.63, 3.8) is 0 Å². The third kappa shape index (κ3) is 3.40. The number of aromatic nitrogens is 3. The molecule has 0 saturated heterocycles. The van der Waals surface area contributed by atoms with Crippen LogP contribution in [0, 0.1) is 0 Å². The van der Waals surface area contributed by atoms with E-state index >= 15 is 0 Å². The van der Waals surface area contributed by atoms with Gasteiger partial charge in [0.1, 0.15) is 0 Å². The van der Waals surface area contributed by atoms with Crippen LogP contribution in [-0.2, 0) is 13.0 Å². The fraction of sp³-hybridized carbons (Fsp3) is 0.385. The van der Waals surface area contributed by atoms with E-state index in [9.17, 15) is 0 Å². The summed E-state index contributed by atoms with van der Waals surface area (Å²) in [6, 6.07) is 8.14. The molecule has 0 fully saturated rings. The van der Waals surface area contributed by atoms with Crippen molar-refractivity contribution in [2.24, 2.45) is 5.84 Å². The number of nitrogens with one attached hydrogen (secondary N) is 1. The van der Waals surface area contributed by atoms with E-state index < -0.39 is 0 Å². The lowest BCUT2D eigenvalue weighted by atomic mass is 10.0. The molecule has 2 rings (SSSR count). The zero-order chi connectivity index (χ0) is 13.7. The largest absolute Gasteiger partial charge is 0.271 e. The highest BCUT2D eigenvalue weighted by Crippen LogP contribution is 2.23. The summed E-state index contributed by atoms with van der Waals surface area (Å²) in [6.07, 6.45) is 3.58. The maximum Gasteiger partial charge on any atom is 0.0773 e. The summed E-state index contributed by atoms with van der Waals surface area (Å²) in [4.78, 5) is 0. The molecule has 0 spiro atoms. The summed E-state index contributed by atoms with van der Waals surface area (Å²) in [5.41, 5.74) is 5.07. The molecule has 0 bridgehead atoms. The van der Waals surface area contributed by atoms with Gasteiger partial charge >= 0.3 is 0 Å². The molecule has 0 amide bonds. The SMILES string of the molecule is CCCn1nncc1C(Cc1ccccc1Br)NN. The van der Waals surface area contributed by atoms with Gasteiger partial charge in [0.15, 0.2) is 0 Å². The molecule has 5 nitrogen and oxygen atoms in total. The number of halogens is 1. The van der Waals surface area contributed by atoms with E-state index in [0.717, 1.165) is 29.6 Å². The molecule has 1 unspecified atom stereocenters. The van der Waals surface area contributed by atoms with Crippen molar-refractivity contribution in [1.82, 2.24) is 20.4 Å². The van der Waals surface area contributed by atoms with Crippen LogP contribution in [-0.4, -0.2) is 15.0 Å². The number of aryl methyl sites for hydroxylation is 1. The highest BCUT2D eigenvalue weighted by atomic mass is 79.9. The van der Waals surface area contributed by atoms with Gasteiger partial charge in [-0.3, -0.25) is 11.3 Å². The van der Waals surface area contributed by atoms with Crippen LogP contribution in [0.3, 0.4) is 0 Å². The average molecular weight is 324 g/mol. The minimum Gasteiger partial charge on any atom is -0.271 e. The third-order valence-electron chi connectivity index (χ3n) is 3.02. The summed E-state index contributed by atoms with van der Waals surface area (Å²) in [5.74, 6) is 5.69. The molecule has 0 radical (unpaired) electrons. The van der Waals surface area contributed by atoms with E-state index in [2.05, 4.69) is 44.7 Å². The number of hydrogen-bond acceptors (Lipinski definition) is 4. The van der Waals surface area contributed by atoms with Crippen LogP contribution in [0.4, 0.5) is 0 Å². The van der Waals surface area contributed by atoms with Gasteiger partial charge in [0.2, 0.25) is 0 Å². The minimum atomic E-state index is 0.000231. The Morgan fingerprint density at radius 1 is 1.42 bits per heavy atom. The van der Waals surface area contributed by atoms with Crippen LogP contribution in [0.2, 0.25) is 0 Å². The van der Waals surface area contributed by atoms with Crippen LogP contribution in [0.15, 0.2) is 34.9 Å². The molecule has 19 heavy (non-hydrogen) atoms. The van der Waals surface area contributed by atoms with Gasteiger partial charge in [0.25, 0.3) is 0 Å². The maximum absolute atomic E-state index is 5.69. The fourth-order valence-electron chi connectivity index (χ4n) is 2.05. The Balaban J connectivity index is 2.20. The molecule has 1 heterocycles. The van der Waals surface area contributed by atoms with Gasteiger partial charge in [0.05, 0.1) is 17.9 Å². The number of benzene rings is 1. The fourth-order valence-corrected chi connectivity index (χ4v) is 2.50. The number of hydrogen-bond donors (Lipinski definition) is 2. The van der Waals surface area contributed by atoms with Crippen molar-refractivity contribution in [2.75, 3.05) is 0 Å². The Bertz CT molecular complexity index is 525. The zero-order valence-corrected chi connectivity index (χ0v) is 12.5. The van der Waals surface area contributed by atoms with Gasteiger partial charge in [-0.05, 0) is 24.5 Å². The summed E-state index contributed by atoms with van der Waals surface area (Å²) in [5, 5.41) is 8.08. The summed E-state index contributed by atoms with van der Waals surface area (Å²) < 4.78 is 2.99. The first-order chi connectivity index (χ1) is 9.26. The lowest BCUT2D eigenvalue weighted by Gasteiger charge is -2.17. The van der Waals surface area contributed by atoms with Gasteiger partial charge < -0.3 is 0 Å². The normalized spacial score (nSPS) is 12.6. The van der Waals surface area contributed by atoms with E-state index in [-0.39, 0.29) is 6.04 Å². The van der Waals surface area contributed by atoms with Crippen molar-refractivity contribution in [3.8, 4) is 0 Å². The Hall–Kier alpha value is -1.24. The number of hydrazine groups is 1. The Labute approximate surface area is 121 Å². The summed E-state index contributed by atoms with van der Waals surface area (Å²) >= 11 is 3.56. The highest BCUT2D eigenvalue weighted by molar-refractivity contribution is 9.10. The Morgan fingerprint density at radius 3 is 2.89 bits per heavy atom. The highest BCUT2D eigenvalue weighted by Gasteiger charge is 2.17. The standard InChI is InChI=1S/C13H18BrN5/c1-2-7-19-13(9-16-18-19)12(17-15)8-10-5-3-4-6-11(10)14/h3-6,9,12,17H,2,7-8,15H2,1H3. The van der Waals surface area contributed by atoms with Gasteiger partial charge in [0, 0.05) is 11.0 Å². The monoisotopic (exact) mass is 323 g/mol. The Morgan fingerprint density at radius 2 is 2.21 bits per heavy atom. The lowest BCUT2D eigenvalue weighted by molar-refractivity contribution is 0.473. The van der Waals surface area contributed by atoms with Crippen LogP contribution < -0.4 is 11.3 Å². The van der Waals surface area contributed by atoms with E-state index in [0.29, 0.717) is 0 Å². The predicted octanol–water partition coefficient (Wildman–Crippen LogP) is 2.20. The van der Waals surface area contributed by atoms with E-state index in [1.54, 1.807) is 6.20 Å². The molecule has 0 aliphatic rings. The second kappa shape index (κ2) is 6.79. The van der Waals surface area contributed by atoms with Crippen molar-refractivity contribution in [3.05, 3.63) is 46.2 Å². The molecule has 0 aliphatic carbocycles. The topological polar surface area (TPSA) is 68.8 Å². The minimum absolute atomic E-state index is 0.000231. The van der Waals surface area contributed by atoms with Crippen LogP contribution in [0.1, 0.15) is 30.6 Å². The van der Waals surface area contributed by atoms with Gasteiger partial charge in [-0.2, -0.15) is 0 Å². The average Bonchev–Trinajstić information content (AvgIpc) is 2.86. The van der Waals surface area contributed by atoms with Crippen molar-refractivity contribution in [2.45, 2.75) is 32.4 Å². The zero-order valence-electron chi connectivity index (χ0n) is 10.9. The summed E-state index contributed by atoms with van der Waals surface area (Å²) in [6.45, 7) is 2.97.